The lowest BCUT2D eigenvalue weighted by atomic mass is 10.1. The lowest BCUT2D eigenvalue weighted by Gasteiger charge is -2.23. The van der Waals surface area contributed by atoms with Crippen molar-refractivity contribution in [2.45, 2.75) is 139 Å². The van der Waals surface area contributed by atoms with Gasteiger partial charge in [0.15, 0.2) is 10.9 Å². The number of nitrogens with zero attached hydrogens (tertiary/aromatic N) is 2. The maximum absolute atomic E-state index is 13.3. The highest BCUT2D eigenvalue weighted by Crippen LogP contribution is 2.31. The third-order valence-corrected chi connectivity index (χ3v) is 11.3. The van der Waals surface area contributed by atoms with Gasteiger partial charge in [0, 0.05) is 92.1 Å². The van der Waals surface area contributed by atoms with Gasteiger partial charge in [0.1, 0.15) is 18.1 Å². The number of rotatable bonds is 16. The first-order chi connectivity index (χ1) is 30.3. The number of hydrogen-bond acceptors (Lipinski definition) is 8. The molecule has 66 heavy (non-hydrogen) atoms. The van der Waals surface area contributed by atoms with Gasteiger partial charge in [0.25, 0.3) is 0 Å². The first-order valence-electron chi connectivity index (χ1n) is 22.8. The highest BCUT2D eigenvalue weighted by molar-refractivity contribution is 6.38. The van der Waals surface area contributed by atoms with Crippen LogP contribution in [0.3, 0.4) is 0 Å². The largest absolute Gasteiger partial charge is 0.493 e. The van der Waals surface area contributed by atoms with Gasteiger partial charge in [0.05, 0.1) is 33.7 Å². The van der Waals surface area contributed by atoms with Gasteiger partial charge in [0.2, 0.25) is 0 Å². The van der Waals surface area contributed by atoms with Crippen molar-refractivity contribution in [3.8, 4) is 11.5 Å². The third-order valence-electron chi connectivity index (χ3n) is 10.5. The van der Waals surface area contributed by atoms with Crippen molar-refractivity contribution in [1.29, 1.82) is 0 Å². The van der Waals surface area contributed by atoms with E-state index in [0.29, 0.717) is 68.4 Å². The van der Waals surface area contributed by atoms with E-state index >= 15 is 0 Å². The number of fused-ring (bicyclic) bond motifs is 4. The molecule has 0 aliphatic carbocycles. The summed E-state index contributed by atoms with van der Waals surface area (Å²) >= 11 is 19.2. The van der Waals surface area contributed by atoms with Crippen molar-refractivity contribution in [3.05, 3.63) is 102 Å². The summed E-state index contributed by atoms with van der Waals surface area (Å²) in [4.78, 5) is 26.5. The Labute approximate surface area is 408 Å². The van der Waals surface area contributed by atoms with E-state index in [2.05, 4.69) is 113 Å². The number of hydrogen-bond donors (Lipinski definition) is 4. The Bertz CT molecular complexity index is 2700. The summed E-state index contributed by atoms with van der Waals surface area (Å²) in [5.41, 5.74) is 3.37. The van der Waals surface area contributed by atoms with Gasteiger partial charge in [-0.25, -0.2) is 0 Å². The van der Waals surface area contributed by atoms with Gasteiger partial charge in [-0.05, 0) is 164 Å². The number of ether oxygens (including phenoxy) is 2. The van der Waals surface area contributed by atoms with Crippen molar-refractivity contribution < 1.29 is 9.47 Å². The fraction of sp³-hybridized carbons (Fsp3) is 0.509. The highest BCUT2D eigenvalue weighted by atomic mass is 35.5. The molecule has 4 N–H and O–H groups in total. The highest BCUT2D eigenvalue weighted by Gasteiger charge is 2.18. The zero-order valence-electron chi connectivity index (χ0n) is 40.6. The van der Waals surface area contributed by atoms with Crippen LogP contribution in [0.25, 0.3) is 43.6 Å². The lowest BCUT2D eigenvalue weighted by Crippen LogP contribution is -2.38. The second kappa shape index (κ2) is 23.0. The molecular weight excluding hydrogens is 891 g/mol. The Morgan fingerprint density at radius 3 is 1.48 bits per heavy atom. The molecule has 0 unspecified atom stereocenters. The van der Waals surface area contributed by atoms with Crippen molar-refractivity contribution in [3.63, 3.8) is 0 Å². The standard InChI is InChI=1S/C27H37Cl2N3O2.C25H34ClN3O2.CH4/c1-26(2,3)30-11-7-13-32-23-17-19(34-14-8-12-31-27(4,5)6)9-10-20(23)25(33)21-15-18(28)16-22(29)24(21)32;1-24(2,3)27-11-13-29-21-15-17(26)7-9-19(21)23(30)20-10-8-18(16-22(20)29)31-14-12-28-25(4,5)6;/h9-10,15-17,30-31H,7-8,11-14H2,1-6H3;7-10,15-16,27-28H,11-14H2,1-6H3;1H4. The molecule has 0 atom stereocenters. The maximum atomic E-state index is 13.3. The Morgan fingerprint density at radius 2 is 0.924 bits per heavy atom. The molecule has 0 spiro atoms. The van der Waals surface area contributed by atoms with Crippen LogP contribution in [-0.2, 0) is 13.1 Å². The first-order valence-corrected chi connectivity index (χ1v) is 23.9. The van der Waals surface area contributed by atoms with Gasteiger partial charge < -0.3 is 39.9 Å². The summed E-state index contributed by atoms with van der Waals surface area (Å²) in [6.07, 6.45) is 1.77. The molecule has 4 aromatic carbocycles. The van der Waals surface area contributed by atoms with Crippen LogP contribution in [0.2, 0.25) is 15.1 Å². The first kappa shape index (κ1) is 54.7. The molecule has 0 amide bonds. The van der Waals surface area contributed by atoms with E-state index in [-0.39, 0.29) is 40.4 Å². The Morgan fingerprint density at radius 1 is 0.470 bits per heavy atom. The molecule has 6 rings (SSSR count). The SMILES string of the molecule is C.CC(C)(C)NCCCOc1ccc2c(=O)c3cc(Cl)cc(Cl)c3n(CCCNC(C)(C)C)c2c1.CC(C)(C)NCCOc1ccc2c(=O)c3ccc(Cl)cc3n(CCNC(C)(C)C)c2c1. The van der Waals surface area contributed by atoms with E-state index in [4.69, 9.17) is 44.3 Å². The normalized spacial score (nSPS) is 12.4. The van der Waals surface area contributed by atoms with Crippen molar-refractivity contribution in [2.75, 3.05) is 39.4 Å². The maximum Gasteiger partial charge on any atom is 0.197 e. The molecule has 0 saturated heterocycles. The average Bonchev–Trinajstić information content (AvgIpc) is 3.19. The van der Waals surface area contributed by atoms with Crippen LogP contribution >= 0.6 is 34.8 Å². The van der Waals surface area contributed by atoms with E-state index in [0.717, 1.165) is 67.1 Å². The molecular formula is C53H75Cl3N6O4. The third kappa shape index (κ3) is 15.9. The minimum atomic E-state index is -0.0700. The van der Waals surface area contributed by atoms with Gasteiger partial charge in [-0.3, -0.25) is 9.59 Å². The fourth-order valence-electron chi connectivity index (χ4n) is 7.54. The van der Waals surface area contributed by atoms with Crippen LogP contribution < -0.4 is 41.6 Å². The molecule has 2 aromatic heterocycles. The second-order valence-corrected chi connectivity index (χ2v) is 22.2. The van der Waals surface area contributed by atoms with E-state index in [1.54, 1.807) is 18.2 Å². The Balaban J connectivity index is 0.000000285. The minimum absolute atomic E-state index is 0. The minimum Gasteiger partial charge on any atom is -0.493 e. The van der Waals surface area contributed by atoms with Crippen LogP contribution in [0, 0.1) is 0 Å². The fourth-order valence-corrected chi connectivity index (χ4v) is 8.31. The van der Waals surface area contributed by atoms with Crippen molar-refractivity contribution >= 4 is 78.4 Å². The predicted molar refractivity (Wildman–Crippen MR) is 284 cm³/mol. The molecule has 0 aliphatic heterocycles. The topological polar surface area (TPSA) is 111 Å². The molecule has 2 heterocycles. The van der Waals surface area contributed by atoms with Gasteiger partial charge in [-0.15, -0.1) is 0 Å². The summed E-state index contributed by atoms with van der Waals surface area (Å²) in [5, 5.41) is 18.0. The number of aryl methyl sites for hydroxylation is 1. The summed E-state index contributed by atoms with van der Waals surface area (Å²) in [6.45, 7) is 31.5. The molecule has 0 radical (unpaired) electrons. The Kier molecular flexibility index (Phi) is 19.0. The Hall–Kier alpha value is -3.87. The van der Waals surface area contributed by atoms with Crippen molar-refractivity contribution in [1.82, 2.24) is 30.4 Å². The van der Waals surface area contributed by atoms with Crippen LogP contribution in [0.1, 0.15) is 103 Å². The number of halogens is 3. The monoisotopic (exact) mass is 964 g/mol. The second-order valence-electron chi connectivity index (χ2n) is 20.9. The molecule has 0 fully saturated rings. The number of nitrogens with one attached hydrogen (secondary N) is 4. The average molecular weight is 967 g/mol. The van der Waals surface area contributed by atoms with Gasteiger partial charge >= 0.3 is 0 Å². The molecule has 13 heteroatoms. The predicted octanol–water partition coefficient (Wildman–Crippen LogP) is 12.0. The van der Waals surface area contributed by atoms with Crippen LogP contribution in [0.15, 0.2) is 76.3 Å². The van der Waals surface area contributed by atoms with E-state index in [1.165, 1.54) is 0 Å². The molecule has 0 saturated carbocycles. The van der Waals surface area contributed by atoms with Gasteiger partial charge in [-0.2, -0.15) is 0 Å². The van der Waals surface area contributed by atoms with Crippen LogP contribution in [0.4, 0.5) is 0 Å². The molecule has 362 valence electrons. The van der Waals surface area contributed by atoms with E-state index < -0.39 is 0 Å². The quantitative estimate of drug-likeness (QED) is 0.0561. The summed E-state index contributed by atoms with van der Waals surface area (Å²) in [7, 11) is 0. The molecule has 0 bridgehead atoms. The summed E-state index contributed by atoms with van der Waals surface area (Å²) < 4.78 is 16.3. The zero-order valence-corrected chi connectivity index (χ0v) is 42.9. The molecule has 6 aromatic rings. The summed E-state index contributed by atoms with van der Waals surface area (Å²) in [5.74, 6) is 1.50. The van der Waals surface area contributed by atoms with E-state index in [9.17, 15) is 9.59 Å². The van der Waals surface area contributed by atoms with Crippen LogP contribution in [0.5, 0.6) is 11.5 Å². The van der Waals surface area contributed by atoms with E-state index in [1.807, 2.05) is 48.5 Å². The van der Waals surface area contributed by atoms with Gasteiger partial charge in [-0.1, -0.05) is 42.2 Å². The number of aromatic nitrogens is 2. The van der Waals surface area contributed by atoms with Crippen molar-refractivity contribution in [2.24, 2.45) is 0 Å². The zero-order chi connectivity index (χ0) is 47.9. The molecule has 0 aliphatic rings. The summed E-state index contributed by atoms with van der Waals surface area (Å²) in [6, 6.07) is 20.2. The number of pyridine rings is 2. The smallest absolute Gasteiger partial charge is 0.197 e. The molecule has 10 nitrogen and oxygen atoms in total. The number of benzene rings is 4. The van der Waals surface area contributed by atoms with Crippen LogP contribution in [-0.4, -0.2) is 70.7 Å². The lowest BCUT2D eigenvalue weighted by molar-refractivity contribution is 0.291.